The summed E-state index contributed by atoms with van der Waals surface area (Å²) >= 11 is 0. The van der Waals surface area contributed by atoms with Crippen LogP contribution in [0.1, 0.15) is 38.9 Å². The molecule has 0 saturated carbocycles. The van der Waals surface area contributed by atoms with Gasteiger partial charge in [-0.3, -0.25) is 4.90 Å². The van der Waals surface area contributed by atoms with Crippen molar-refractivity contribution in [1.29, 1.82) is 0 Å². The number of ether oxygens (including phenoxy) is 4. The second-order valence-electron chi connectivity index (χ2n) is 11.9. The monoisotopic (exact) mass is 549 g/mol. The summed E-state index contributed by atoms with van der Waals surface area (Å²) in [6.45, 7) is 11.5. The molecule has 2 aliphatic rings. The third-order valence-electron chi connectivity index (χ3n) is 8.56. The first-order valence-electron chi connectivity index (χ1n) is 13.5. The van der Waals surface area contributed by atoms with Crippen molar-refractivity contribution in [2.75, 3.05) is 25.7 Å². The first kappa shape index (κ1) is 27.5. The summed E-state index contributed by atoms with van der Waals surface area (Å²) in [6, 6.07) is 19.6. The van der Waals surface area contributed by atoms with Crippen LogP contribution < -0.4 is 14.4 Å². The predicted octanol–water partition coefficient (Wildman–Crippen LogP) is 7.10. The van der Waals surface area contributed by atoms with Crippen LogP contribution in [0.4, 0.5) is 10.5 Å². The largest absolute Gasteiger partial charge is 0.497 e. The summed E-state index contributed by atoms with van der Waals surface area (Å²) in [6.07, 6.45) is -0.877. The van der Waals surface area contributed by atoms with Crippen LogP contribution in [0.2, 0.25) is 18.1 Å². The quantitative estimate of drug-likeness (QED) is 0.293. The minimum absolute atomic E-state index is 0.0497. The zero-order valence-electron chi connectivity index (χ0n) is 23.9. The van der Waals surface area contributed by atoms with Crippen molar-refractivity contribution < 1.29 is 28.2 Å². The minimum Gasteiger partial charge on any atom is -0.497 e. The molecule has 2 aliphatic heterocycles. The number of nitrogens with zero attached hydrogens (tertiary/aromatic N) is 1. The van der Waals surface area contributed by atoms with Gasteiger partial charge >= 0.3 is 6.09 Å². The first-order valence-corrected chi connectivity index (χ1v) is 16.4. The van der Waals surface area contributed by atoms with Crippen molar-refractivity contribution in [2.24, 2.45) is 0 Å². The molecule has 0 bridgehead atoms. The molecule has 0 aliphatic carbocycles. The number of hydrogen-bond donors (Lipinski definition) is 0. The molecule has 1 amide bonds. The van der Waals surface area contributed by atoms with Crippen molar-refractivity contribution in [3.05, 3.63) is 66.2 Å². The molecule has 0 radical (unpaired) electrons. The Morgan fingerprint density at radius 1 is 0.949 bits per heavy atom. The van der Waals surface area contributed by atoms with E-state index in [0.717, 1.165) is 33.5 Å². The van der Waals surface area contributed by atoms with E-state index < -0.39 is 20.5 Å². The molecule has 4 atom stereocenters. The Bertz CT molecular complexity index is 1340. The van der Waals surface area contributed by atoms with Crippen LogP contribution >= 0.6 is 0 Å². The highest BCUT2D eigenvalue weighted by atomic mass is 28.4. The van der Waals surface area contributed by atoms with Gasteiger partial charge in [-0.05, 0) is 59.4 Å². The maximum Gasteiger partial charge on any atom is 0.415 e. The number of methoxy groups -OCH3 is 2. The number of fused-ring (bicyclic) bond motifs is 2. The molecule has 3 aromatic carbocycles. The highest BCUT2D eigenvalue weighted by Gasteiger charge is 2.52. The maximum absolute atomic E-state index is 13.3. The average molecular weight is 550 g/mol. The minimum atomic E-state index is -2.06. The fraction of sp³-hybridized carbons (Fsp3) is 0.452. The molecule has 2 fully saturated rings. The Hall–Kier alpha value is -3.07. The number of carbonyl (C=O) groups excluding carboxylic acids is 1. The van der Waals surface area contributed by atoms with Crippen LogP contribution in [-0.2, 0) is 13.9 Å². The second kappa shape index (κ2) is 10.5. The summed E-state index contributed by atoms with van der Waals surface area (Å²) < 4.78 is 30.4. The summed E-state index contributed by atoms with van der Waals surface area (Å²) in [4.78, 5) is 15.1. The van der Waals surface area contributed by atoms with E-state index in [4.69, 9.17) is 23.4 Å². The second-order valence-corrected chi connectivity index (χ2v) is 16.7. The summed E-state index contributed by atoms with van der Waals surface area (Å²) in [7, 11) is 1.25. The molecule has 0 N–H and O–H groups in total. The van der Waals surface area contributed by atoms with Crippen molar-refractivity contribution in [3.63, 3.8) is 0 Å². The Balaban J connectivity index is 1.53. The van der Waals surface area contributed by atoms with Gasteiger partial charge in [0, 0.05) is 17.5 Å². The number of anilines is 1. The van der Waals surface area contributed by atoms with Crippen LogP contribution in [-0.4, -0.2) is 53.5 Å². The van der Waals surface area contributed by atoms with E-state index in [1.165, 1.54) is 0 Å². The van der Waals surface area contributed by atoms with Crippen molar-refractivity contribution in [3.8, 4) is 11.5 Å². The Morgan fingerprint density at radius 3 is 2.28 bits per heavy atom. The number of carbonyl (C=O) groups is 1. The Morgan fingerprint density at radius 2 is 1.64 bits per heavy atom. The smallest absolute Gasteiger partial charge is 0.415 e. The highest BCUT2D eigenvalue weighted by Crippen LogP contribution is 2.45. The normalized spacial score (nSPS) is 23.5. The van der Waals surface area contributed by atoms with E-state index in [1.54, 1.807) is 19.1 Å². The van der Waals surface area contributed by atoms with E-state index in [2.05, 4.69) is 52.1 Å². The van der Waals surface area contributed by atoms with Gasteiger partial charge in [-0.1, -0.05) is 51.1 Å². The summed E-state index contributed by atoms with van der Waals surface area (Å²) in [5, 5.41) is 2.15. The third-order valence-corrected chi connectivity index (χ3v) is 13.1. The maximum atomic E-state index is 13.3. The first-order chi connectivity index (χ1) is 18.5. The average Bonchev–Trinajstić information content (AvgIpc) is 3.26. The third kappa shape index (κ3) is 5.13. The van der Waals surface area contributed by atoms with Crippen LogP contribution in [0.5, 0.6) is 11.5 Å². The summed E-state index contributed by atoms with van der Waals surface area (Å²) in [5.41, 5.74) is 1.84. The predicted molar refractivity (Wildman–Crippen MR) is 155 cm³/mol. The molecule has 5 rings (SSSR count). The lowest BCUT2D eigenvalue weighted by atomic mass is 9.89. The van der Waals surface area contributed by atoms with Gasteiger partial charge in [-0.25, -0.2) is 4.79 Å². The number of amides is 1. The zero-order chi connectivity index (χ0) is 27.9. The lowest BCUT2D eigenvalue weighted by Crippen LogP contribution is -2.52. The number of rotatable bonds is 7. The van der Waals surface area contributed by atoms with E-state index in [-0.39, 0.29) is 23.3 Å². The Labute approximate surface area is 232 Å². The molecule has 2 saturated heterocycles. The van der Waals surface area contributed by atoms with Crippen LogP contribution in [0, 0.1) is 0 Å². The molecule has 8 heteroatoms. The lowest BCUT2D eigenvalue weighted by Gasteiger charge is -2.42. The molecule has 3 aromatic rings. The zero-order valence-corrected chi connectivity index (χ0v) is 24.9. The van der Waals surface area contributed by atoms with E-state index in [0.29, 0.717) is 13.0 Å². The molecule has 208 valence electrons. The fourth-order valence-corrected chi connectivity index (χ4v) is 6.31. The van der Waals surface area contributed by atoms with Crippen LogP contribution in [0.25, 0.3) is 10.8 Å². The lowest BCUT2D eigenvalue weighted by molar-refractivity contribution is -0.127. The highest BCUT2D eigenvalue weighted by molar-refractivity contribution is 6.74. The molecule has 7 nitrogen and oxygen atoms in total. The van der Waals surface area contributed by atoms with Gasteiger partial charge in [0.05, 0.1) is 33.0 Å². The number of hydrogen-bond acceptors (Lipinski definition) is 6. The van der Waals surface area contributed by atoms with E-state index in [1.807, 2.05) is 42.5 Å². The van der Waals surface area contributed by atoms with Gasteiger partial charge in [0.15, 0.2) is 14.4 Å². The molecule has 0 aromatic heterocycles. The SMILES string of the molecule is COc1ccc(N2C(=O)O[C@@H]3[C@@H](CO[Si](C)(C)C(C)(C)C)O[C@@H](c4ccc(OC)c5ccccc45)C[C@@H]32)cc1. The van der Waals surface area contributed by atoms with E-state index >= 15 is 0 Å². The molecule has 0 spiro atoms. The van der Waals surface area contributed by atoms with Crippen molar-refractivity contribution in [2.45, 2.75) is 69.7 Å². The molecule has 39 heavy (non-hydrogen) atoms. The number of benzene rings is 3. The summed E-state index contributed by atoms with van der Waals surface area (Å²) in [5.74, 6) is 1.55. The molecular formula is C31H39NO6Si. The van der Waals surface area contributed by atoms with Crippen molar-refractivity contribution >= 4 is 30.9 Å². The van der Waals surface area contributed by atoms with Gasteiger partial charge < -0.3 is 23.4 Å². The molecule has 0 unspecified atom stereocenters. The Kier molecular flexibility index (Phi) is 7.39. The fourth-order valence-electron chi connectivity index (χ4n) is 5.30. The van der Waals surface area contributed by atoms with Gasteiger partial charge in [-0.15, -0.1) is 0 Å². The van der Waals surface area contributed by atoms with Crippen LogP contribution in [0.3, 0.4) is 0 Å². The van der Waals surface area contributed by atoms with Crippen LogP contribution in [0.15, 0.2) is 60.7 Å². The molecule has 2 heterocycles. The van der Waals surface area contributed by atoms with E-state index in [9.17, 15) is 4.79 Å². The van der Waals surface area contributed by atoms with Gasteiger partial charge in [0.25, 0.3) is 0 Å². The van der Waals surface area contributed by atoms with Gasteiger partial charge in [-0.2, -0.15) is 0 Å². The van der Waals surface area contributed by atoms with Gasteiger partial charge in [0.2, 0.25) is 0 Å². The van der Waals surface area contributed by atoms with Gasteiger partial charge in [0.1, 0.15) is 17.6 Å². The topological polar surface area (TPSA) is 66.5 Å². The standard InChI is InChI=1S/C31H39NO6Si/c1-31(2,3)39(6,7)36-19-28-29-25(32(30(33)38-29)20-12-14-21(34-4)15-13-20)18-27(37-28)24-16-17-26(35-5)23-11-9-8-10-22(23)24/h8-17,25,27-29H,18-19H2,1-7H3/t25-,27+,28+,29-/m0/s1. The molecular weight excluding hydrogens is 510 g/mol. The van der Waals surface area contributed by atoms with Crippen molar-refractivity contribution in [1.82, 2.24) is 0 Å².